The molecule has 0 saturated heterocycles. The fourth-order valence-corrected chi connectivity index (χ4v) is 2.61. The first-order valence-electron chi connectivity index (χ1n) is 6.06. The summed E-state index contributed by atoms with van der Waals surface area (Å²) < 4.78 is 5.60. The molecule has 0 saturated carbocycles. The van der Waals surface area contributed by atoms with Crippen molar-refractivity contribution in [3.63, 3.8) is 0 Å². The Balaban J connectivity index is 1.98. The van der Waals surface area contributed by atoms with Crippen molar-refractivity contribution < 1.29 is 4.74 Å². The summed E-state index contributed by atoms with van der Waals surface area (Å²) in [5, 5.41) is 8.79. The number of aromatic nitrogens is 2. The summed E-state index contributed by atoms with van der Waals surface area (Å²) in [4.78, 5) is 2.15. The van der Waals surface area contributed by atoms with E-state index in [1.807, 2.05) is 6.07 Å². The van der Waals surface area contributed by atoms with Crippen molar-refractivity contribution in [1.29, 1.82) is 0 Å². The number of ether oxygens (including phenoxy) is 1. The normalized spacial score (nSPS) is 10.6. The Morgan fingerprint density at radius 3 is 2.63 bits per heavy atom. The van der Waals surface area contributed by atoms with E-state index in [1.54, 1.807) is 7.11 Å². The van der Waals surface area contributed by atoms with Gasteiger partial charge in [-0.25, -0.2) is 0 Å². The van der Waals surface area contributed by atoms with E-state index >= 15 is 0 Å². The van der Waals surface area contributed by atoms with Gasteiger partial charge in [0.05, 0.1) is 6.61 Å². The Morgan fingerprint density at radius 2 is 2.00 bits per heavy atom. The maximum Gasteiger partial charge on any atom is 0.209 e. The minimum atomic E-state index is 0.470. The number of nitrogens with zero attached hydrogens (tertiary/aromatic N) is 3. The van der Waals surface area contributed by atoms with Crippen LogP contribution in [-0.4, -0.2) is 37.0 Å². The quantitative estimate of drug-likeness (QED) is 0.788. The van der Waals surface area contributed by atoms with Gasteiger partial charge in [-0.1, -0.05) is 41.7 Å². The van der Waals surface area contributed by atoms with E-state index in [0.717, 1.165) is 24.6 Å². The molecule has 1 aromatic carbocycles. The molecule has 0 aliphatic rings. The van der Waals surface area contributed by atoms with Gasteiger partial charge in [0.15, 0.2) is 0 Å². The Bertz CT molecular complexity index is 492. The van der Waals surface area contributed by atoms with Gasteiger partial charge in [-0.05, 0) is 23.6 Å². The van der Waals surface area contributed by atoms with Crippen LogP contribution in [0.3, 0.4) is 0 Å². The molecule has 19 heavy (non-hydrogen) atoms. The summed E-state index contributed by atoms with van der Waals surface area (Å²) in [6.07, 6.45) is 0.960. The number of anilines is 1. The van der Waals surface area contributed by atoms with Crippen LogP contribution in [0.2, 0.25) is 4.47 Å². The smallest absolute Gasteiger partial charge is 0.209 e. The van der Waals surface area contributed by atoms with E-state index in [9.17, 15) is 0 Å². The molecule has 0 atom stereocenters. The number of rotatable bonds is 7. The van der Waals surface area contributed by atoms with Crippen LogP contribution in [0.1, 0.15) is 5.56 Å². The summed E-state index contributed by atoms with van der Waals surface area (Å²) in [6, 6.07) is 10.4. The molecule has 6 heteroatoms. The highest BCUT2D eigenvalue weighted by Crippen LogP contribution is 2.23. The molecule has 0 spiro atoms. The molecule has 1 aromatic heterocycles. The van der Waals surface area contributed by atoms with Crippen LogP contribution in [0, 0.1) is 0 Å². The molecule has 1 heterocycles. The van der Waals surface area contributed by atoms with Gasteiger partial charge in [-0.15, -0.1) is 10.2 Å². The maximum atomic E-state index is 5.84. The average Bonchev–Trinajstić information content (AvgIpc) is 2.86. The summed E-state index contributed by atoms with van der Waals surface area (Å²) in [7, 11) is 1.70. The monoisotopic (exact) mass is 297 g/mol. The predicted molar refractivity (Wildman–Crippen MR) is 79.2 cm³/mol. The molecule has 0 aliphatic carbocycles. The number of benzene rings is 1. The molecule has 0 radical (unpaired) electrons. The molecule has 0 unspecified atom stereocenters. The van der Waals surface area contributed by atoms with Crippen LogP contribution in [0.5, 0.6) is 0 Å². The zero-order valence-corrected chi connectivity index (χ0v) is 12.3. The van der Waals surface area contributed by atoms with Gasteiger partial charge < -0.3 is 9.64 Å². The van der Waals surface area contributed by atoms with E-state index < -0.39 is 0 Å². The minimum absolute atomic E-state index is 0.470. The third kappa shape index (κ3) is 4.45. The van der Waals surface area contributed by atoms with Gasteiger partial charge in [-0.3, -0.25) is 0 Å². The van der Waals surface area contributed by atoms with E-state index in [2.05, 4.69) is 39.4 Å². The second kappa shape index (κ2) is 7.43. The van der Waals surface area contributed by atoms with E-state index in [1.165, 1.54) is 16.9 Å². The van der Waals surface area contributed by atoms with Crippen molar-refractivity contribution in [2.45, 2.75) is 6.42 Å². The Kier molecular flexibility index (Phi) is 5.57. The lowest BCUT2D eigenvalue weighted by atomic mass is 10.1. The van der Waals surface area contributed by atoms with Crippen LogP contribution in [0.25, 0.3) is 0 Å². The van der Waals surface area contributed by atoms with E-state index in [0.29, 0.717) is 11.1 Å². The fraction of sp³-hybridized carbons (Fsp3) is 0.385. The summed E-state index contributed by atoms with van der Waals surface area (Å²) in [6.45, 7) is 2.32. The molecule has 0 fully saturated rings. The average molecular weight is 298 g/mol. The van der Waals surface area contributed by atoms with Crippen molar-refractivity contribution in [3.05, 3.63) is 40.4 Å². The highest BCUT2D eigenvalue weighted by atomic mass is 35.5. The zero-order valence-electron chi connectivity index (χ0n) is 10.8. The van der Waals surface area contributed by atoms with E-state index in [-0.39, 0.29) is 0 Å². The van der Waals surface area contributed by atoms with Crippen molar-refractivity contribution in [3.8, 4) is 0 Å². The molecule has 2 aromatic rings. The first kappa shape index (κ1) is 14.2. The molecular formula is C13H16ClN3OS. The number of halogens is 1. The highest BCUT2D eigenvalue weighted by Gasteiger charge is 2.11. The number of methoxy groups -OCH3 is 1. The van der Waals surface area contributed by atoms with Gasteiger partial charge >= 0.3 is 0 Å². The summed E-state index contributed by atoms with van der Waals surface area (Å²) in [5.74, 6) is 0. The molecule has 0 amide bonds. The van der Waals surface area contributed by atoms with Crippen LogP contribution in [-0.2, 0) is 11.2 Å². The molecule has 0 N–H and O–H groups in total. The van der Waals surface area contributed by atoms with Gasteiger partial charge in [0.1, 0.15) is 0 Å². The SMILES string of the molecule is COCCN(CCc1ccccc1)c1nnc(Cl)s1. The van der Waals surface area contributed by atoms with E-state index in [4.69, 9.17) is 16.3 Å². The molecule has 0 aliphatic heterocycles. The topological polar surface area (TPSA) is 38.2 Å². The lowest BCUT2D eigenvalue weighted by Crippen LogP contribution is -2.29. The fourth-order valence-electron chi connectivity index (χ4n) is 1.74. The van der Waals surface area contributed by atoms with Crippen molar-refractivity contribution in [1.82, 2.24) is 10.2 Å². The Labute approximate surface area is 122 Å². The minimum Gasteiger partial charge on any atom is -0.383 e. The predicted octanol–water partition coefficient (Wildman–Crippen LogP) is 2.89. The second-order valence-electron chi connectivity index (χ2n) is 4.05. The molecular weight excluding hydrogens is 282 g/mol. The summed E-state index contributed by atoms with van der Waals surface area (Å²) >= 11 is 7.24. The standard InChI is InChI=1S/C13H16ClN3OS/c1-18-10-9-17(13-16-15-12(14)19-13)8-7-11-5-3-2-4-6-11/h2-6H,7-10H2,1H3. The Morgan fingerprint density at radius 1 is 1.21 bits per heavy atom. The molecule has 0 bridgehead atoms. The number of hydrogen-bond acceptors (Lipinski definition) is 5. The second-order valence-corrected chi connectivity index (χ2v) is 5.59. The lowest BCUT2D eigenvalue weighted by molar-refractivity contribution is 0.205. The van der Waals surface area contributed by atoms with Crippen molar-refractivity contribution >= 4 is 28.1 Å². The highest BCUT2D eigenvalue weighted by molar-refractivity contribution is 7.19. The maximum absolute atomic E-state index is 5.84. The van der Waals surface area contributed by atoms with Crippen LogP contribution in [0.4, 0.5) is 5.13 Å². The van der Waals surface area contributed by atoms with Gasteiger partial charge in [0, 0.05) is 20.2 Å². The van der Waals surface area contributed by atoms with Crippen LogP contribution < -0.4 is 4.90 Å². The Hall–Kier alpha value is -1.17. The summed E-state index contributed by atoms with van der Waals surface area (Å²) in [5.41, 5.74) is 1.31. The van der Waals surface area contributed by atoms with Crippen LogP contribution in [0.15, 0.2) is 30.3 Å². The van der Waals surface area contributed by atoms with Gasteiger partial charge in [-0.2, -0.15) is 0 Å². The van der Waals surface area contributed by atoms with Crippen LogP contribution >= 0.6 is 22.9 Å². The van der Waals surface area contributed by atoms with Gasteiger partial charge in [0.25, 0.3) is 0 Å². The molecule has 2 rings (SSSR count). The zero-order chi connectivity index (χ0) is 13.5. The number of hydrogen-bond donors (Lipinski definition) is 0. The van der Waals surface area contributed by atoms with Crippen molar-refractivity contribution in [2.75, 3.05) is 31.7 Å². The molecule has 102 valence electrons. The third-order valence-corrected chi connectivity index (χ3v) is 3.82. The van der Waals surface area contributed by atoms with Crippen molar-refractivity contribution in [2.24, 2.45) is 0 Å². The largest absolute Gasteiger partial charge is 0.383 e. The lowest BCUT2D eigenvalue weighted by Gasteiger charge is -2.20. The molecule has 4 nitrogen and oxygen atoms in total. The first-order valence-corrected chi connectivity index (χ1v) is 7.26. The third-order valence-electron chi connectivity index (χ3n) is 2.74. The van der Waals surface area contributed by atoms with Gasteiger partial charge in [0.2, 0.25) is 9.60 Å². The first-order chi connectivity index (χ1) is 9.29.